The molecule has 6 N–H and O–H groups in total. The van der Waals surface area contributed by atoms with Crippen LogP contribution in [0.4, 0.5) is 0 Å². The van der Waals surface area contributed by atoms with Crippen LogP contribution in [0.1, 0.15) is 0 Å². The molecule has 2 unspecified atom stereocenters. The molecule has 0 bridgehead atoms. The van der Waals surface area contributed by atoms with Crippen LogP contribution in [0.3, 0.4) is 0 Å². The van der Waals surface area contributed by atoms with Crippen LogP contribution in [0.5, 0.6) is 0 Å². The van der Waals surface area contributed by atoms with Crippen molar-refractivity contribution in [1.29, 1.82) is 0 Å². The van der Waals surface area contributed by atoms with Crippen LogP contribution in [0.2, 0.25) is 0 Å². The second-order valence-corrected chi connectivity index (χ2v) is 3.55. The first kappa shape index (κ1) is 29.5. The Morgan fingerprint density at radius 1 is 0.923 bits per heavy atom. The van der Waals surface area contributed by atoms with E-state index in [0.29, 0.717) is 0 Å². The monoisotopic (exact) mass is 258 g/mol. The standard InChI is InChI=1S/2Na.H4O7P2.2H2O/c;;1-8(2,3)7-9(4,5)6;;/h;;(H2,1,2,3)(H2,4,5,6);2*1H2/q2*+1;;;/p-2. The zero-order chi connectivity index (χ0) is 7.71. The maximum absolute atomic E-state index is 9.48. The van der Waals surface area contributed by atoms with Gasteiger partial charge in [0.15, 0.2) is 0 Å². The first-order chi connectivity index (χ1) is 3.71. The molecule has 0 fully saturated rings. The molecule has 0 aliphatic heterocycles. The van der Waals surface area contributed by atoms with Crippen molar-refractivity contribution < 1.29 is 103 Å². The summed E-state index contributed by atoms with van der Waals surface area (Å²) in [4.78, 5) is 34.1. The Bertz CT molecular complexity index is 156. The van der Waals surface area contributed by atoms with Gasteiger partial charge in [0.05, 0.1) is 0 Å². The number of hydrogen-bond donors (Lipinski definition) is 2. The van der Waals surface area contributed by atoms with E-state index in [0.717, 1.165) is 0 Å². The minimum atomic E-state index is -5.36. The summed E-state index contributed by atoms with van der Waals surface area (Å²) in [7, 11) is -10.7. The van der Waals surface area contributed by atoms with Crippen LogP contribution in [0, 0.1) is 0 Å². The molecule has 13 heavy (non-hydrogen) atoms. The van der Waals surface area contributed by atoms with Gasteiger partial charge in [-0.05, 0) is 0 Å². The van der Waals surface area contributed by atoms with Gasteiger partial charge < -0.3 is 30.5 Å². The van der Waals surface area contributed by atoms with Crippen LogP contribution >= 0.6 is 15.6 Å². The molecule has 0 heterocycles. The zero-order valence-corrected chi connectivity index (χ0v) is 12.6. The van der Waals surface area contributed by atoms with E-state index in [9.17, 15) is 18.9 Å². The van der Waals surface area contributed by atoms with Gasteiger partial charge in [0.2, 0.25) is 0 Å². The summed E-state index contributed by atoms with van der Waals surface area (Å²) in [5.74, 6) is 0. The van der Waals surface area contributed by atoms with Crippen molar-refractivity contribution in [1.82, 2.24) is 0 Å². The summed E-state index contributed by atoms with van der Waals surface area (Å²) in [6.45, 7) is 0. The van der Waals surface area contributed by atoms with Crippen molar-refractivity contribution in [2.45, 2.75) is 0 Å². The molecule has 2 atom stereocenters. The molecule has 0 amide bonds. The summed E-state index contributed by atoms with van der Waals surface area (Å²) < 4.78 is 21.7. The normalized spacial score (nSPS) is 16.9. The van der Waals surface area contributed by atoms with Crippen LogP contribution in [0.25, 0.3) is 0 Å². The van der Waals surface area contributed by atoms with Crippen molar-refractivity contribution in [2.75, 3.05) is 0 Å². The Balaban J connectivity index is -0.0000000533. The van der Waals surface area contributed by atoms with Crippen LogP contribution in [0.15, 0.2) is 0 Å². The van der Waals surface area contributed by atoms with Crippen molar-refractivity contribution in [3.05, 3.63) is 0 Å². The van der Waals surface area contributed by atoms with Gasteiger partial charge >= 0.3 is 59.1 Å². The average Bonchev–Trinajstić information content (AvgIpc) is 1.14. The van der Waals surface area contributed by atoms with E-state index in [1.54, 1.807) is 0 Å². The maximum atomic E-state index is 9.48. The molecule has 0 saturated heterocycles. The molecule has 0 spiro atoms. The Hall–Kier alpha value is 2.18. The molecule has 0 saturated carbocycles. The smallest absolute Gasteiger partial charge is 0.756 e. The second kappa shape index (κ2) is 10.7. The largest absolute Gasteiger partial charge is 1.00 e. The van der Waals surface area contributed by atoms with Crippen LogP contribution in [-0.2, 0) is 13.4 Å². The van der Waals surface area contributed by atoms with Crippen LogP contribution < -0.4 is 68.9 Å². The maximum Gasteiger partial charge on any atom is 1.00 e. The molecule has 0 aromatic rings. The van der Waals surface area contributed by atoms with Gasteiger partial charge in [0.1, 0.15) is 0 Å². The fraction of sp³-hybridized carbons (Fsp3) is 0. The third kappa shape index (κ3) is 31.4. The van der Waals surface area contributed by atoms with Crippen molar-refractivity contribution in [2.24, 2.45) is 0 Å². The van der Waals surface area contributed by atoms with Gasteiger partial charge in [-0.3, -0.25) is 9.13 Å². The van der Waals surface area contributed by atoms with E-state index in [1.165, 1.54) is 0 Å². The predicted molar refractivity (Wildman–Crippen MR) is 28.0 cm³/mol. The third-order valence-electron chi connectivity index (χ3n) is 0.206. The fourth-order valence-electron chi connectivity index (χ4n) is 0.130. The molecule has 72 valence electrons. The van der Waals surface area contributed by atoms with Gasteiger partial charge in [0, 0.05) is 0 Å². The SMILES string of the molecule is O.O.O=P([O-])(O)OP(=O)([O-])O.[Na+].[Na+]. The van der Waals surface area contributed by atoms with Gasteiger partial charge in [-0.1, -0.05) is 0 Å². The number of rotatable bonds is 2. The molecular formula is H6Na2O9P2. The van der Waals surface area contributed by atoms with E-state index < -0.39 is 15.6 Å². The third-order valence-corrected chi connectivity index (χ3v) is 1.86. The number of phosphoric acid groups is 2. The summed E-state index contributed by atoms with van der Waals surface area (Å²) in [6, 6.07) is 0. The molecule has 0 aromatic heterocycles. The van der Waals surface area contributed by atoms with E-state index in [-0.39, 0.29) is 70.1 Å². The van der Waals surface area contributed by atoms with E-state index in [4.69, 9.17) is 9.79 Å². The zero-order valence-electron chi connectivity index (χ0n) is 6.83. The summed E-state index contributed by atoms with van der Waals surface area (Å²) in [5, 5.41) is 0. The molecule has 0 rings (SSSR count). The number of hydrogen-bond acceptors (Lipinski definition) is 5. The minimum Gasteiger partial charge on any atom is -0.756 e. The fourth-order valence-corrected chi connectivity index (χ4v) is 1.17. The molecule has 13 heteroatoms. The van der Waals surface area contributed by atoms with E-state index in [2.05, 4.69) is 4.31 Å². The van der Waals surface area contributed by atoms with Crippen molar-refractivity contribution in [3.8, 4) is 0 Å². The Morgan fingerprint density at radius 3 is 1.08 bits per heavy atom. The molecule has 0 aromatic carbocycles. The van der Waals surface area contributed by atoms with Gasteiger partial charge in [-0.25, -0.2) is 4.31 Å². The second-order valence-electron chi connectivity index (χ2n) is 1.02. The Kier molecular flexibility index (Phi) is 24.2. The predicted octanol–water partition coefficient (Wildman–Crippen LogP) is -9.72. The molecular weight excluding hydrogens is 252 g/mol. The first-order valence-electron chi connectivity index (χ1n) is 1.50. The van der Waals surface area contributed by atoms with Gasteiger partial charge in [0.25, 0.3) is 15.6 Å². The minimum absolute atomic E-state index is 0. The summed E-state index contributed by atoms with van der Waals surface area (Å²) in [5.41, 5.74) is 0. The van der Waals surface area contributed by atoms with Crippen molar-refractivity contribution in [3.63, 3.8) is 0 Å². The van der Waals surface area contributed by atoms with Crippen molar-refractivity contribution >= 4 is 15.6 Å². The Labute approximate surface area is 118 Å². The summed E-state index contributed by atoms with van der Waals surface area (Å²) in [6.07, 6.45) is 0. The average molecular weight is 258 g/mol. The van der Waals surface area contributed by atoms with Gasteiger partial charge in [-0.15, -0.1) is 0 Å². The molecule has 0 aliphatic carbocycles. The Morgan fingerprint density at radius 2 is 1.08 bits per heavy atom. The quantitative estimate of drug-likeness (QED) is 0.362. The molecule has 9 nitrogen and oxygen atoms in total. The van der Waals surface area contributed by atoms with E-state index in [1.807, 2.05) is 0 Å². The molecule has 0 radical (unpaired) electrons. The first-order valence-corrected chi connectivity index (χ1v) is 4.49. The molecule has 0 aliphatic rings. The topological polar surface area (TPSA) is 193 Å². The van der Waals surface area contributed by atoms with Crippen LogP contribution in [-0.4, -0.2) is 20.7 Å². The summed E-state index contributed by atoms with van der Waals surface area (Å²) >= 11 is 0. The van der Waals surface area contributed by atoms with E-state index >= 15 is 0 Å². The van der Waals surface area contributed by atoms with Gasteiger partial charge in [-0.2, -0.15) is 0 Å².